The molecule has 0 atom stereocenters. The monoisotopic (exact) mass is 145 g/mol. The summed E-state index contributed by atoms with van der Waals surface area (Å²) in [5, 5.41) is 3.35. The first-order valence-electron chi connectivity index (χ1n) is 2.12. The van der Waals surface area contributed by atoms with Gasteiger partial charge in [-0.2, -0.15) is 0 Å². The summed E-state index contributed by atoms with van der Waals surface area (Å²) in [6.07, 6.45) is 3.10. The molecule has 1 aromatic rings. The van der Waals surface area contributed by atoms with Crippen LogP contribution in [0.3, 0.4) is 0 Å². The lowest BCUT2D eigenvalue weighted by atomic mass is 10.8. The summed E-state index contributed by atoms with van der Waals surface area (Å²) in [7, 11) is 0. The van der Waals surface area contributed by atoms with Crippen LogP contribution < -0.4 is 11.5 Å². The highest BCUT2D eigenvalue weighted by Gasteiger charge is 1.60. The van der Waals surface area contributed by atoms with Crippen molar-refractivity contribution in [3.05, 3.63) is 18.5 Å². The van der Waals surface area contributed by atoms with Crippen LogP contribution in [0.25, 0.3) is 0 Å². The number of hydrogen-bond acceptors (Lipinski definition) is 3. The normalized spacial score (nSPS) is 7.11. The molecule has 0 aliphatic rings. The molecule has 5 heteroatoms. The smallest absolute Gasteiger partial charge is 0.160 e. The summed E-state index contributed by atoms with van der Waals surface area (Å²) >= 11 is 4.09. The topological polar surface area (TPSA) is 78.1 Å². The second kappa shape index (κ2) is 5.04. The summed E-state index contributed by atoms with van der Waals surface area (Å²) in [6, 6.07) is 1.72. The van der Waals surface area contributed by atoms with E-state index in [0.717, 1.165) is 0 Å². The Morgan fingerprint density at radius 2 is 2.11 bits per heavy atom. The molecule has 1 aromatic heterocycles. The highest BCUT2D eigenvalue weighted by Crippen LogP contribution is 1.72. The maximum absolute atomic E-state index is 4.62. The standard InChI is InChI=1S/C3H3NO.CH4N2S/c1-2-4-5-3-1;2-1(3)4/h1-3H;(H4,2,3,4). The van der Waals surface area contributed by atoms with E-state index in [1.807, 2.05) is 0 Å². The van der Waals surface area contributed by atoms with Gasteiger partial charge in [-0.3, -0.25) is 0 Å². The molecule has 4 nitrogen and oxygen atoms in total. The first kappa shape index (κ1) is 7.90. The van der Waals surface area contributed by atoms with Crippen molar-refractivity contribution in [3.63, 3.8) is 0 Å². The van der Waals surface area contributed by atoms with Crippen LogP contribution in [0.15, 0.2) is 23.0 Å². The lowest BCUT2D eigenvalue weighted by molar-refractivity contribution is 0.420. The van der Waals surface area contributed by atoms with Gasteiger partial charge < -0.3 is 16.0 Å². The third-order valence-corrected chi connectivity index (χ3v) is 0.347. The van der Waals surface area contributed by atoms with Gasteiger partial charge in [0.25, 0.3) is 0 Å². The van der Waals surface area contributed by atoms with Crippen LogP contribution in [0.5, 0.6) is 0 Å². The fourth-order valence-electron chi connectivity index (χ4n) is 0.176. The summed E-state index contributed by atoms with van der Waals surface area (Å²) in [6.45, 7) is 0. The Kier molecular flexibility index (Phi) is 4.43. The Hall–Kier alpha value is -1.10. The number of nitrogens with zero attached hydrogens (tertiary/aromatic N) is 1. The van der Waals surface area contributed by atoms with Crippen LogP contribution in [0.1, 0.15) is 0 Å². The molecule has 1 rings (SSSR count). The molecular formula is C4H7N3OS. The van der Waals surface area contributed by atoms with Crippen LogP contribution in [0.4, 0.5) is 0 Å². The molecule has 0 aliphatic heterocycles. The van der Waals surface area contributed by atoms with Crippen molar-refractivity contribution in [2.75, 3.05) is 0 Å². The van der Waals surface area contributed by atoms with Crippen LogP contribution in [-0.4, -0.2) is 10.3 Å². The van der Waals surface area contributed by atoms with Gasteiger partial charge in [-0.15, -0.1) is 0 Å². The van der Waals surface area contributed by atoms with E-state index >= 15 is 0 Å². The van der Waals surface area contributed by atoms with Gasteiger partial charge in [0, 0.05) is 0 Å². The third kappa shape index (κ3) is 10.9. The molecule has 0 amide bonds. The van der Waals surface area contributed by atoms with Crippen LogP contribution in [0.2, 0.25) is 0 Å². The second-order valence-electron chi connectivity index (χ2n) is 1.09. The maximum atomic E-state index is 4.62. The molecule has 0 saturated carbocycles. The average Bonchev–Trinajstić information content (AvgIpc) is 2.11. The fourth-order valence-corrected chi connectivity index (χ4v) is 0.176. The minimum atomic E-state index is 0.000000000000000222. The molecule has 1 heterocycles. The van der Waals surface area contributed by atoms with Crippen molar-refractivity contribution in [2.45, 2.75) is 0 Å². The zero-order valence-corrected chi connectivity index (χ0v) is 5.47. The van der Waals surface area contributed by atoms with Crippen LogP contribution in [0, 0.1) is 0 Å². The first-order chi connectivity index (χ1) is 4.23. The Morgan fingerprint density at radius 3 is 2.22 bits per heavy atom. The average molecular weight is 145 g/mol. The van der Waals surface area contributed by atoms with E-state index < -0.39 is 0 Å². The lowest BCUT2D eigenvalue weighted by Gasteiger charge is -1.68. The molecule has 0 aliphatic carbocycles. The minimum Gasteiger partial charge on any atom is -0.377 e. The summed E-state index contributed by atoms with van der Waals surface area (Å²) in [5.41, 5.74) is 9.24. The lowest BCUT2D eigenvalue weighted by Crippen LogP contribution is -2.18. The van der Waals surface area contributed by atoms with Gasteiger partial charge in [-0.05, 0) is 18.3 Å². The highest BCUT2D eigenvalue weighted by molar-refractivity contribution is 7.80. The van der Waals surface area contributed by atoms with E-state index in [9.17, 15) is 0 Å². The van der Waals surface area contributed by atoms with E-state index in [0.29, 0.717) is 0 Å². The molecule has 0 unspecified atom stereocenters. The summed E-state index contributed by atoms with van der Waals surface area (Å²) < 4.78 is 4.33. The molecule has 0 spiro atoms. The van der Waals surface area contributed by atoms with Gasteiger partial charge in [0.2, 0.25) is 0 Å². The van der Waals surface area contributed by atoms with E-state index in [1.165, 1.54) is 6.26 Å². The Labute approximate surface area is 57.8 Å². The van der Waals surface area contributed by atoms with Crippen molar-refractivity contribution >= 4 is 17.3 Å². The van der Waals surface area contributed by atoms with Crippen LogP contribution >= 0.6 is 12.2 Å². The second-order valence-corrected chi connectivity index (χ2v) is 1.56. The third-order valence-electron chi connectivity index (χ3n) is 0.347. The van der Waals surface area contributed by atoms with Gasteiger partial charge >= 0.3 is 0 Å². The SMILES string of the molecule is NC(N)=S.c1cnoc1. The van der Waals surface area contributed by atoms with Gasteiger partial charge in [-0.25, -0.2) is 0 Å². The molecular weight excluding hydrogens is 138 g/mol. The molecule has 50 valence electrons. The van der Waals surface area contributed by atoms with Gasteiger partial charge in [0.1, 0.15) is 6.26 Å². The zero-order chi connectivity index (χ0) is 7.11. The maximum Gasteiger partial charge on any atom is 0.160 e. The highest BCUT2D eigenvalue weighted by atomic mass is 32.1. The minimum absolute atomic E-state index is 0.000000000000000222. The van der Waals surface area contributed by atoms with Gasteiger partial charge in [0.15, 0.2) is 5.11 Å². The van der Waals surface area contributed by atoms with Crippen molar-refractivity contribution in [1.82, 2.24) is 5.16 Å². The molecule has 4 N–H and O–H groups in total. The first-order valence-corrected chi connectivity index (χ1v) is 2.53. The zero-order valence-electron chi connectivity index (χ0n) is 4.65. The molecule has 0 fully saturated rings. The Bertz CT molecular complexity index is 130. The number of thiocarbonyl (C=S) groups is 1. The van der Waals surface area contributed by atoms with E-state index in [4.69, 9.17) is 0 Å². The fraction of sp³-hybridized carbons (Fsp3) is 0. The van der Waals surface area contributed by atoms with Crippen molar-refractivity contribution < 1.29 is 4.52 Å². The van der Waals surface area contributed by atoms with Gasteiger partial charge in [-0.1, -0.05) is 5.16 Å². The molecule has 0 aromatic carbocycles. The van der Waals surface area contributed by atoms with Gasteiger partial charge in [0.05, 0.1) is 6.20 Å². The van der Waals surface area contributed by atoms with E-state index in [-0.39, 0.29) is 5.11 Å². The quantitative estimate of drug-likeness (QED) is 0.497. The molecule has 0 radical (unpaired) electrons. The number of aromatic nitrogens is 1. The number of nitrogens with two attached hydrogens (primary N) is 2. The summed E-state index contributed by atoms with van der Waals surface area (Å²) in [4.78, 5) is 0. The number of rotatable bonds is 0. The van der Waals surface area contributed by atoms with E-state index in [1.54, 1.807) is 12.3 Å². The Morgan fingerprint density at radius 1 is 1.56 bits per heavy atom. The molecule has 9 heavy (non-hydrogen) atoms. The molecule has 0 bridgehead atoms. The molecule has 0 saturated heterocycles. The van der Waals surface area contributed by atoms with E-state index in [2.05, 4.69) is 33.4 Å². The predicted molar refractivity (Wildman–Crippen MR) is 37.5 cm³/mol. The Balaban J connectivity index is 0.000000148. The summed E-state index contributed by atoms with van der Waals surface area (Å²) in [5.74, 6) is 0. The van der Waals surface area contributed by atoms with Crippen LogP contribution in [-0.2, 0) is 0 Å². The van der Waals surface area contributed by atoms with Crippen molar-refractivity contribution in [1.29, 1.82) is 0 Å². The largest absolute Gasteiger partial charge is 0.377 e. The predicted octanol–water partition coefficient (Wildman–Crippen LogP) is -0.137. The van der Waals surface area contributed by atoms with Crippen molar-refractivity contribution in [3.8, 4) is 0 Å². The van der Waals surface area contributed by atoms with Crippen molar-refractivity contribution in [2.24, 2.45) is 11.5 Å². The number of hydrogen-bond donors (Lipinski definition) is 2.